The van der Waals surface area contributed by atoms with Gasteiger partial charge in [-0.15, -0.1) is 0 Å². The molecule has 0 fully saturated rings. The lowest BCUT2D eigenvalue weighted by Crippen LogP contribution is -2.12. The Morgan fingerprint density at radius 2 is 2.00 bits per heavy atom. The zero-order valence-electron chi connectivity index (χ0n) is 11.4. The van der Waals surface area contributed by atoms with Crippen LogP contribution in [0.3, 0.4) is 0 Å². The number of rotatable bonds is 7. The number of carbonyl (C=O) groups is 2. The highest BCUT2D eigenvalue weighted by molar-refractivity contribution is 5.81. The molecule has 1 aromatic rings. The summed E-state index contributed by atoms with van der Waals surface area (Å²) in [6, 6.07) is 9.91. The quantitative estimate of drug-likeness (QED) is 0.430. The maximum atomic E-state index is 11.2. The molecule has 0 aliphatic rings. The molecule has 102 valence electrons. The Morgan fingerprint density at radius 3 is 2.53 bits per heavy atom. The van der Waals surface area contributed by atoms with E-state index in [2.05, 4.69) is 4.74 Å². The van der Waals surface area contributed by atoms with Crippen LogP contribution in [0.5, 0.6) is 0 Å². The average molecular weight is 260 g/mol. The van der Waals surface area contributed by atoms with Gasteiger partial charge in [0.15, 0.2) is 0 Å². The minimum absolute atomic E-state index is 0.101. The topological polar surface area (TPSA) is 43.4 Å². The van der Waals surface area contributed by atoms with Crippen LogP contribution in [0.1, 0.15) is 31.2 Å². The fourth-order valence-corrected chi connectivity index (χ4v) is 2.19. The van der Waals surface area contributed by atoms with Crippen molar-refractivity contribution in [1.82, 2.24) is 0 Å². The van der Waals surface area contributed by atoms with E-state index in [1.807, 2.05) is 43.3 Å². The van der Waals surface area contributed by atoms with Crippen molar-refractivity contribution in [2.45, 2.75) is 25.7 Å². The molecule has 0 aromatic heterocycles. The predicted octanol–water partition coefficient (Wildman–Crippen LogP) is 3.11. The smallest absolute Gasteiger partial charge is 0.330 e. The van der Waals surface area contributed by atoms with Gasteiger partial charge in [0.2, 0.25) is 0 Å². The first kappa shape index (κ1) is 15.2. The van der Waals surface area contributed by atoms with E-state index >= 15 is 0 Å². The summed E-state index contributed by atoms with van der Waals surface area (Å²) in [4.78, 5) is 22.1. The zero-order chi connectivity index (χ0) is 14.1. The molecule has 0 aliphatic heterocycles. The lowest BCUT2D eigenvalue weighted by molar-refractivity contribution is -0.134. The van der Waals surface area contributed by atoms with E-state index in [0.29, 0.717) is 6.42 Å². The Balaban J connectivity index is 2.92. The van der Waals surface area contributed by atoms with Gasteiger partial charge in [-0.1, -0.05) is 43.3 Å². The molecule has 1 rings (SSSR count). The van der Waals surface area contributed by atoms with Gasteiger partial charge >= 0.3 is 5.97 Å². The summed E-state index contributed by atoms with van der Waals surface area (Å²) in [6.07, 6.45) is 5.53. The van der Waals surface area contributed by atoms with E-state index < -0.39 is 0 Å². The standard InChI is InChI=1S/C16H20O3/c1-3-13(9-10-16(18)19-2)15(11-12-17)14-7-5-4-6-8-14/h4-10,12-13,15H,3,11H2,1-2H3/t13-,15-/m1/s1. The largest absolute Gasteiger partial charge is 0.466 e. The molecule has 0 N–H and O–H groups in total. The number of methoxy groups -OCH3 is 1. The van der Waals surface area contributed by atoms with Crippen LogP contribution in [-0.4, -0.2) is 19.4 Å². The van der Waals surface area contributed by atoms with Crippen LogP contribution < -0.4 is 0 Å². The third kappa shape index (κ3) is 4.70. The van der Waals surface area contributed by atoms with Gasteiger partial charge in [-0.25, -0.2) is 4.79 Å². The van der Waals surface area contributed by atoms with Crippen molar-refractivity contribution in [2.75, 3.05) is 7.11 Å². The van der Waals surface area contributed by atoms with Gasteiger partial charge in [0.1, 0.15) is 6.29 Å². The second-order valence-electron chi connectivity index (χ2n) is 4.37. The highest BCUT2D eigenvalue weighted by Crippen LogP contribution is 2.30. The number of allylic oxidation sites excluding steroid dienone is 1. The number of hydrogen-bond donors (Lipinski definition) is 0. The minimum atomic E-state index is -0.364. The molecule has 3 nitrogen and oxygen atoms in total. The molecule has 0 bridgehead atoms. The summed E-state index contributed by atoms with van der Waals surface area (Å²) >= 11 is 0. The number of aldehydes is 1. The molecule has 0 aliphatic carbocycles. The summed E-state index contributed by atoms with van der Waals surface area (Å²) in [6.45, 7) is 2.05. The molecule has 19 heavy (non-hydrogen) atoms. The highest BCUT2D eigenvalue weighted by atomic mass is 16.5. The minimum Gasteiger partial charge on any atom is -0.466 e. The number of benzene rings is 1. The number of ether oxygens (including phenoxy) is 1. The molecule has 0 spiro atoms. The van der Waals surface area contributed by atoms with E-state index in [1.54, 1.807) is 0 Å². The Labute approximate surface area is 114 Å². The van der Waals surface area contributed by atoms with Gasteiger partial charge in [-0.2, -0.15) is 0 Å². The van der Waals surface area contributed by atoms with Crippen molar-refractivity contribution >= 4 is 12.3 Å². The van der Waals surface area contributed by atoms with Crippen molar-refractivity contribution in [3.8, 4) is 0 Å². The van der Waals surface area contributed by atoms with E-state index in [0.717, 1.165) is 18.3 Å². The maximum absolute atomic E-state index is 11.2. The second-order valence-corrected chi connectivity index (χ2v) is 4.37. The molecule has 1 aromatic carbocycles. The molecule has 0 heterocycles. The van der Waals surface area contributed by atoms with E-state index in [1.165, 1.54) is 13.2 Å². The SMILES string of the molecule is CC[C@H](C=CC(=O)OC)[C@@H](CC=O)c1ccccc1. The van der Waals surface area contributed by atoms with Gasteiger partial charge in [-0.3, -0.25) is 0 Å². The molecular formula is C16H20O3. The lowest BCUT2D eigenvalue weighted by atomic mass is 9.82. The van der Waals surface area contributed by atoms with Gasteiger partial charge < -0.3 is 9.53 Å². The van der Waals surface area contributed by atoms with Gasteiger partial charge in [0.05, 0.1) is 7.11 Å². The third-order valence-corrected chi connectivity index (χ3v) is 3.25. The summed E-state index contributed by atoms with van der Waals surface area (Å²) < 4.78 is 4.60. The fourth-order valence-electron chi connectivity index (χ4n) is 2.19. The van der Waals surface area contributed by atoms with Crippen LogP contribution in [0.2, 0.25) is 0 Å². The van der Waals surface area contributed by atoms with E-state index in [4.69, 9.17) is 0 Å². The Morgan fingerprint density at radius 1 is 1.32 bits per heavy atom. The number of esters is 1. The molecule has 0 saturated carbocycles. The first-order valence-electron chi connectivity index (χ1n) is 6.47. The normalized spacial score (nSPS) is 14.0. The Kier molecular flexibility index (Phi) is 6.58. The van der Waals surface area contributed by atoms with Crippen molar-refractivity contribution in [1.29, 1.82) is 0 Å². The van der Waals surface area contributed by atoms with Gasteiger partial charge in [0.25, 0.3) is 0 Å². The molecule has 3 heteroatoms. The van der Waals surface area contributed by atoms with E-state index in [-0.39, 0.29) is 17.8 Å². The summed E-state index contributed by atoms with van der Waals surface area (Å²) in [5.74, 6) is -0.118. The van der Waals surface area contributed by atoms with Crippen LogP contribution in [-0.2, 0) is 14.3 Å². The van der Waals surface area contributed by atoms with E-state index in [9.17, 15) is 9.59 Å². The molecule has 0 saturated heterocycles. The summed E-state index contributed by atoms with van der Waals surface area (Å²) in [7, 11) is 1.35. The first-order chi connectivity index (χ1) is 9.22. The van der Waals surface area contributed by atoms with Crippen LogP contribution in [0.25, 0.3) is 0 Å². The molecular weight excluding hydrogens is 240 g/mol. The van der Waals surface area contributed by atoms with Gasteiger partial charge in [-0.05, 0) is 23.8 Å². The van der Waals surface area contributed by atoms with Crippen molar-refractivity contribution < 1.29 is 14.3 Å². The van der Waals surface area contributed by atoms with Crippen LogP contribution >= 0.6 is 0 Å². The van der Waals surface area contributed by atoms with Crippen molar-refractivity contribution in [3.05, 3.63) is 48.0 Å². The molecule has 0 radical (unpaired) electrons. The summed E-state index contributed by atoms with van der Waals surface area (Å²) in [5.41, 5.74) is 1.12. The average Bonchev–Trinajstić information content (AvgIpc) is 2.47. The zero-order valence-corrected chi connectivity index (χ0v) is 11.4. The number of carbonyl (C=O) groups excluding carboxylic acids is 2. The summed E-state index contributed by atoms with van der Waals surface area (Å²) in [5, 5.41) is 0. The molecule has 0 amide bonds. The molecule has 2 atom stereocenters. The fraction of sp³-hybridized carbons (Fsp3) is 0.375. The Bertz CT molecular complexity index is 423. The predicted molar refractivity (Wildman–Crippen MR) is 74.8 cm³/mol. The first-order valence-corrected chi connectivity index (χ1v) is 6.47. The maximum Gasteiger partial charge on any atom is 0.330 e. The highest BCUT2D eigenvalue weighted by Gasteiger charge is 2.19. The van der Waals surface area contributed by atoms with Crippen molar-refractivity contribution in [2.24, 2.45) is 5.92 Å². The Hall–Kier alpha value is -1.90. The van der Waals surface area contributed by atoms with Crippen LogP contribution in [0, 0.1) is 5.92 Å². The van der Waals surface area contributed by atoms with Crippen LogP contribution in [0.15, 0.2) is 42.5 Å². The monoisotopic (exact) mass is 260 g/mol. The van der Waals surface area contributed by atoms with Crippen molar-refractivity contribution in [3.63, 3.8) is 0 Å². The third-order valence-electron chi connectivity index (χ3n) is 3.25. The second kappa shape index (κ2) is 8.25. The number of hydrogen-bond acceptors (Lipinski definition) is 3. The van der Waals surface area contributed by atoms with Crippen LogP contribution in [0.4, 0.5) is 0 Å². The lowest BCUT2D eigenvalue weighted by Gasteiger charge is -2.22. The molecule has 0 unspecified atom stereocenters. The van der Waals surface area contributed by atoms with Gasteiger partial charge in [0, 0.05) is 12.5 Å².